The van der Waals surface area contributed by atoms with Gasteiger partial charge in [0.05, 0.1) is 10.0 Å². The minimum atomic E-state index is -0.756. The molecule has 0 aliphatic carbocycles. The predicted octanol–water partition coefficient (Wildman–Crippen LogP) is 4.72. The third kappa shape index (κ3) is 2.67. The van der Waals surface area contributed by atoms with Gasteiger partial charge >= 0.3 is 0 Å². The monoisotopic (exact) mass is 374 g/mol. The van der Waals surface area contributed by atoms with Gasteiger partial charge in [-0.25, -0.2) is 8.78 Å². The minimum Gasteiger partial charge on any atom is -0.288 e. The Balaban J connectivity index is 2.49. The van der Waals surface area contributed by atoms with Gasteiger partial charge in [-0.05, 0) is 40.2 Å². The molecule has 0 spiro atoms. The highest BCUT2D eigenvalue weighted by Crippen LogP contribution is 2.23. The third-order valence-corrected chi connectivity index (χ3v) is 3.44. The van der Waals surface area contributed by atoms with Crippen LogP contribution in [-0.4, -0.2) is 5.78 Å². The van der Waals surface area contributed by atoms with E-state index in [0.717, 1.165) is 12.1 Å². The van der Waals surface area contributed by atoms with Crippen LogP contribution in [0.5, 0.6) is 0 Å². The molecule has 2 rings (SSSR count). The molecule has 5 heteroatoms. The molecule has 0 bridgehead atoms. The Labute approximate surface area is 119 Å². The lowest BCUT2D eigenvalue weighted by Gasteiger charge is -2.05. The molecule has 0 unspecified atom stereocenters. The van der Waals surface area contributed by atoms with Crippen LogP contribution in [-0.2, 0) is 0 Å². The zero-order valence-corrected chi connectivity index (χ0v) is 12.1. The Morgan fingerprint density at radius 3 is 2.39 bits per heavy atom. The van der Waals surface area contributed by atoms with Crippen molar-refractivity contribution in [1.82, 2.24) is 0 Å². The van der Waals surface area contributed by atoms with Gasteiger partial charge in [-0.15, -0.1) is 0 Å². The van der Waals surface area contributed by atoms with Crippen LogP contribution in [0.15, 0.2) is 45.3 Å². The molecule has 18 heavy (non-hydrogen) atoms. The van der Waals surface area contributed by atoms with E-state index in [-0.39, 0.29) is 10.0 Å². The van der Waals surface area contributed by atoms with E-state index >= 15 is 0 Å². The highest BCUT2D eigenvalue weighted by molar-refractivity contribution is 9.10. The molecule has 0 radical (unpaired) electrons. The summed E-state index contributed by atoms with van der Waals surface area (Å²) < 4.78 is 27.7. The van der Waals surface area contributed by atoms with Crippen LogP contribution in [0.1, 0.15) is 15.9 Å². The molecular formula is C13H6Br2F2O. The average Bonchev–Trinajstić information content (AvgIpc) is 2.33. The predicted molar refractivity (Wildman–Crippen MR) is 71.6 cm³/mol. The van der Waals surface area contributed by atoms with Gasteiger partial charge in [-0.2, -0.15) is 0 Å². The minimum absolute atomic E-state index is 0.00853. The van der Waals surface area contributed by atoms with E-state index in [1.165, 1.54) is 0 Å². The quantitative estimate of drug-likeness (QED) is 0.548. The van der Waals surface area contributed by atoms with Crippen molar-refractivity contribution in [1.29, 1.82) is 0 Å². The molecule has 0 atom stereocenters. The molecule has 1 nitrogen and oxygen atoms in total. The molecule has 2 aromatic rings. The van der Waals surface area contributed by atoms with Crippen molar-refractivity contribution in [3.63, 3.8) is 0 Å². The number of benzene rings is 2. The second-order valence-electron chi connectivity index (χ2n) is 3.59. The number of hydrogen-bond acceptors (Lipinski definition) is 1. The van der Waals surface area contributed by atoms with E-state index in [4.69, 9.17) is 0 Å². The van der Waals surface area contributed by atoms with Crippen molar-refractivity contribution in [2.24, 2.45) is 0 Å². The van der Waals surface area contributed by atoms with E-state index in [2.05, 4.69) is 31.9 Å². The topological polar surface area (TPSA) is 17.1 Å². The van der Waals surface area contributed by atoms with Crippen molar-refractivity contribution in [3.8, 4) is 0 Å². The summed E-state index contributed by atoms with van der Waals surface area (Å²) in [6, 6.07) is 8.34. The highest BCUT2D eigenvalue weighted by Gasteiger charge is 2.17. The zero-order valence-electron chi connectivity index (χ0n) is 8.88. The summed E-state index contributed by atoms with van der Waals surface area (Å²) in [5.74, 6) is -1.98. The SMILES string of the molecule is O=C(c1cccc(Br)c1)c1cc(F)c(Br)cc1F. The fraction of sp³-hybridized carbons (Fsp3) is 0. The van der Waals surface area contributed by atoms with Gasteiger partial charge in [0.2, 0.25) is 0 Å². The van der Waals surface area contributed by atoms with Crippen molar-refractivity contribution >= 4 is 37.6 Å². The molecule has 0 N–H and O–H groups in total. The first-order chi connectivity index (χ1) is 8.49. The van der Waals surface area contributed by atoms with Gasteiger partial charge in [0, 0.05) is 10.0 Å². The normalized spacial score (nSPS) is 10.4. The number of ketones is 1. The molecule has 2 aromatic carbocycles. The Morgan fingerprint density at radius 1 is 1.00 bits per heavy atom. The molecule has 0 aromatic heterocycles. The van der Waals surface area contributed by atoms with Gasteiger partial charge in [0.25, 0.3) is 0 Å². The molecule has 92 valence electrons. The van der Waals surface area contributed by atoms with E-state index in [9.17, 15) is 13.6 Å². The van der Waals surface area contributed by atoms with Crippen LogP contribution in [0, 0.1) is 11.6 Å². The number of halogens is 4. The lowest BCUT2D eigenvalue weighted by atomic mass is 10.0. The maximum absolute atomic E-state index is 13.6. The maximum atomic E-state index is 13.6. The molecule has 0 fully saturated rings. The fourth-order valence-electron chi connectivity index (χ4n) is 1.48. The summed E-state index contributed by atoms with van der Waals surface area (Å²) >= 11 is 6.08. The van der Waals surface area contributed by atoms with Crippen molar-refractivity contribution in [3.05, 3.63) is 68.1 Å². The highest BCUT2D eigenvalue weighted by atomic mass is 79.9. The van der Waals surface area contributed by atoms with Crippen LogP contribution in [0.4, 0.5) is 8.78 Å². The van der Waals surface area contributed by atoms with E-state index in [1.54, 1.807) is 24.3 Å². The lowest BCUT2D eigenvalue weighted by molar-refractivity contribution is 0.103. The number of carbonyl (C=O) groups excluding carboxylic acids is 1. The molecular weight excluding hydrogens is 370 g/mol. The molecule has 0 saturated carbocycles. The standard InChI is InChI=1S/C13H6Br2F2O/c14-8-3-1-2-7(4-8)13(18)9-5-12(17)10(15)6-11(9)16/h1-6H. The summed E-state index contributed by atoms with van der Waals surface area (Å²) in [4.78, 5) is 12.0. The zero-order chi connectivity index (χ0) is 13.3. The van der Waals surface area contributed by atoms with Crippen molar-refractivity contribution < 1.29 is 13.6 Å². The summed E-state index contributed by atoms with van der Waals surface area (Å²) in [5, 5.41) is 0. The van der Waals surface area contributed by atoms with Gasteiger partial charge in [-0.1, -0.05) is 28.1 Å². The van der Waals surface area contributed by atoms with Gasteiger partial charge < -0.3 is 0 Å². The molecule has 0 heterocycles. The average molecular weight is 376 g/mol. The maximum Gasteiger partial charge on any atom is 0.196 e. The van der Waals surface area contributed by atoms with Gasteiger partial charge in [-0.3, -0.25) is 4.79 Å². The first-order valence-corrected chi connectivity index (χ1v) is 6.52. The van der Waals surface area contributed by atoms with Crippen molar-refractivity contribution in [2.45, 2.75) is 0 Å². The van der Waals surface area contributed by atoms with Crippen LogP contribution >= 0.6 is 31.9 Å². The summed E-state index contributed by atoms with van der Waals surface area (Å²) in [7, 11) is 0. The first kappa shape index (κ1) is 13.4. The Hall–Kier alpha value is -1.07. The molecule has 0 aliphatic rings. The molecule has 0 aliphatic heterocycles. The van der Waals surface area contributed by atoms with Gasteiger partial charge in [0.1, 0.15) is 11.6 Å². The number of hydrogen-bond donors (Lipinski definition) is 0. The third-order valence-electron chi connectivity index (χ3n) is 2.34. The Bertz CT molecular complexity index is 626. The summed E-state index contributed by atoms with van der Waals surface area (Å²) in [5.41, 5.74) is 0.0128. The van der Waals surface area contributed by atoms with Crippen LogP contribution < -0.4 is 0 Å². The van der Waals surface area contributed by atoms with E-state index < -0.39 is 17.4 Å². The largest absolute Gasteiger partial charge is 0.288 e. The molecule has 0 amide bonds. The second-order valence-corrected chi connectivity index (χ2v) is 5.36. The van der Waals surface area contributed by atoms with E-state index in [1.807, 2.05) is 0 Å². The summed E-state index contributed by atoms with van der Waals surface area (Å²) in [6.45, 7) is 0. The summed E-state index contributed by atoms with van der Waals surface area (Å²) in [6.07, 6.45) is 0. The van der Waals surface area contributed by atoms with Crippen LogP contribution in [0.3, 0.4) is 0 Å². The van der Waals surface area contributed by atoms with E-state index in [0.29, 0.717) is 10.0 Å². The van der Waals surface area contributed by atoms with Crippen LogP contribution in [0.25, 0.3) is 0 Å². The number of rotatable bonds is 2. The molecule has 0 saturated heterocycles. The fourth-order valence-corrected chi connectivity index (χ4v) is 2.20. The van der Waals surface area contributed by atoms with Crippen molar-refractivity contribution in [2.75, 3.05) is 0 Å². The smallest absolute Gasteiger partial charge is 0.196 e. The number of carbonyl (C=O) groups is 1. The van der Waals surface area contributed by atoms with Gasteiger partial charge in [0.15, 0.2) is 5.78 Å². The van der Waals surface area contributed by atoms with Crippen LogP contribution in [0.2, 0.25) is 0 Å². The Morgan fingerprint density at radius 2 is 1.72 bits per heavy atom. The lowest BCUT2D eigenvalue weighted by Crippen LogP contribution is -2.05. The Kier molecular flexibility index (Phi) is 3.92. The second kappa shape index (κ2) is 5.28. The first-order valence-electron chi connectivity index (χ1n) is 4.94.